The minimum atomic E-state index is -0.510. The molecule has 2 aromatic rings. The maximum absolute atomic E-state index is 12.2. The second-order valence-electron chi connectivity index (χ2n) is 5.51. The molecule has 0 atom stereocenters. The van der Waals surface area contributed by atoms with Crippen LogP contribution in [0.4, 0.5) is 5.69 Å². The lowest BCUT2D eigenvalue weighted by Gasteiger charge is -2.10. The molecule has 0 spiro atoms. The number of benzene rings is 2. The Morgan fingerprint density at radius 3 is 2.48 bits per heavy atom. The molecule has 27 heavy (non-hydrogen) atoms. The molecule has 3 amide bonds. The Bertz CT molecular complexity index is 898. The van der Waals surface area contributed by atoms with E-state index in [-0.39, 0.29) is 18.5 Å². The van der Waals surface area contributed by atoms with Crippen molar-refractivity contribution < 1.29 is 14.4 Å². The molecule has 4 N–H and O–H groups in total. The maximum Gasteiger partial charge on any atom is 0.253 e. The van der Waals surface area contributed by atoms with Crippen molar-refractivity contribution in [3.63, 3.8) is 0 Å². The number of hydrogen-bond acceptors (Lipinski definition) is 3. The highest BCUT2D eigenvalue weighted by Crippen LogP contribution is 2.23. The zero-order chi connectivity index (χ0) is 19.8. The van der Waals surface area contributed by atoms with E-state index in [1.165, 1.54) is 6.08 Å². The molecule has 0 heterocycles. The van der Waals surface area contributed by atoms with Gasteiger partial charge in [-0.25, -0.2) is 0 Å². The number of primary amides is 1. The molecule has 2 aromatic carbocycles. The van der Waals surface area contributed by atoms with Gasteiger partial charge in [0.2, 0.25) is 11.8 Å². The number of anilines is 1. The molecule has 0 bridgehead atoms. The number of carbonyl (C=O) groups is 3. The van der Waals surface area contributed by atoms with Gasteiger partial charge in [0.25, 0.3) is 5.91 Å². The van der Waals surface area contributed by atoms with Gasteiger partial charge in [0.1, 0.15) is 0 Å². The van der Waals surface area contributed by atoms with E-state index in [1.54, 1.807) is 48.5 Å². The monoisotopic (exact) mass is 405 g/mol. The smallest absolute Gasteiger partial charge is 0.253 e. The lowest BCUT2D eigenvalue weighted by Crippen LogP contribution is -2.28. The van der Waals surface area contributed by atoms with E-state index in [0.29, 0.717) is 21.3 Å². The SMILES string of the molecule is NC(=O)CCNC(=O)c1ccccc1NC(=O)/C=C/c1ccc(Cl)c(Cl)c1. The van der Waals surface area contributed by atoms with Crippen LogP contribution in [0.1, 0.15) is 22.3 Å². The first-order chi connectivity index (χ1) is 12.9. The van der Waals surface area contributed by atoms with Gasteiger partial charge in [-0.05, 0) is 35.9 Å². The number of amides is 3. The first-order valence-electron chi connectivity index (χ1n) is 7.96. The van der Waals surface area contributed by atoms with Gasteiger partial charge in [0.05, 0.1) is 21.3 Å². The molecular formula is C19H17Cl2N3O3. The summed E-state index contributed by atoms with van der Waals surface area (Å²) >= 11 is 11.8. The fourth-order valence-corrected chi connectivity index (χ4v) is 2.45. The standard InChI is InChI=1S/C19H17Cl2N3O3/c20-14-7-5-12(11-15(14)21)6-8-18(26)24-16-4-2-1-3-13(16)19(27)23-10-9-17(22)25/h1-8,11H,9-10H2,(H2,22,25)(H,23,27)(H,24,26)/b8-6+. The summed E-state index contributed by atoms with van der Waals surface area (Å²) in [5.41, 5.74) is 6.37. The molecule has 0 saturated carbocycles. The topological polar surface area (TPSA) is 101 Å². The van der Waals surface area contributed by atoms with Gasteiger partial charge in [-0.2, -0.15) is 0 Å². The quantitative estimate of drug-likeness (QED) is 0.616. The number of halogens is 2. The third-order valence-corrected chi connectivity index (χ3v) is 4.20. The van der Waals surface area contributed by atoms with Gasteiger partial charge in [-0.3, -0.25) is 14.4 Å². The van der Waals surface area contributed by atoms with Crippen LogP contribution in [-0.2, 0) is 9.59 Å². The molecule has 0 unspecified atom stereocenters. The van der Waals surface area contributed by atoms with Gasteiger partial charge < -0.3 is 16.4 Å². The van der Waals surface area contributed by atoms with E-state index < -0.39 is 17.7 Å². The Hall–Kier alpha value is -2.83. The van der Waals surface area contributed by atoms with Crippen LogP contribution in [0.2, 0.25) is 10.0 Å². The predicted molar refractivity (Wildman–Crippen MR) is 107 cm³/mol. The summed E-state index contributed by atoms with van der Waals surface area (Å²) in [5.74, 6) is -1.34. The van der Waals surface area contributed by atoms with E-state index in [2.05, 4.69) is 10.6 Å². The van der Waals surface area contributed by atoms with Crippen molar-refractivity contribution in [3.05, 3.63) is 69.7 Å². The van der Waals surface area contributed by atoms with Crippen molar-refractivity contribution in [3.8, 4) is 0 Å². The number of hydrogen-bond donors (Lipinski definition) is 3. The third kappa shape index (κ3) is 6.44. The van der Waals surface area contributed by atoms with Crippen LogP contribution in [0, 0.1) is 0 Å². The molecule has 0 saturated heterocycles. The highest BCUT2D eigenvalue weighted by molar-refractivity contribution is 6.42. The van der Waals surface area contributed by atoms with Gasteiger partial charge in [-0.15, -0.1) is 0 Å². The number of carbonyl (C=O) groups excluding carboxylic acids is 3. The summed E-state index contributed by atoms with van der Waals surface area (Å²) in [6.07, 6.45) is 2.93. The van der Waals surface area contributed by atoms with Crippen molar-refractivity contribution in [1.82, 2.24) is 5.32 Å². The molecule has 0 aromatic heterocycles. The van der Waals surface area contributed by atoms with Crippen molar-refractivity contribution in [2.75, 3.05) is 11.9 Å². The van der Waals surface area contributed by atoms with E-state index >= 15 is 0 Å². The molecule has 0 fully saturated rings. The lowest BCUT2D eigenvalue weighted by molar-refractivity contribution is -0.118. The minimum absolute atomic E-state index is 0.0344. The fourth-order valence-electron chi connectivity index (χ4n) is 2.15. The fraction of sp³-hybridized carbons (Fsp3) is 0.105. The van der Waals surface area contributed by atoms with Gasteiger partial charge in [0, 0.05) is 19.0 Å². The average Bonchev–Trinajstić information content (AvgIpc) is 2.62. The van der Waals surface area contributed by atoms with Crippen LogP contribution >= 0.6 is 23.2 Å². The highest BCUT2D eigenvalue weighted by atomic mass is 35.5. The first-order valence-corrected chi connectivity index (χ1v) is 8.72. The maximum atomic E-state index is 12.2. The van der Waals surface area contributed by atoms with Gasteiger partial charge >= 0.3 is 0 Å². The lowest BCUT2D eigenvalue weighted by atomic mass is 10.1. The summed E-state index contributed by atoms with van der Waals surface area (Å²) in [4.78, 5) is 35.1. The van der Waals surface area contributed by atoms with Crippen LogP contribution in [0.3, 0.4) is 0 Å². The molecule has 0 radical (unpaired) electrons. The second kappa shape index (κ2) is 9.75. The number of para-hydroxylation sites is 1. The average molecular weight is 406 g/mol. The largest absolute Gasteiger partial charge is 0.370 e. The number of rotatable bonds is 7. The molecule has 140 valence electrons. The van der Waals surface area contributed by atoms with E-state index in [1.807, 2.05) is 0 Å². The van der Waals surface area contributed by atoms with Crippen molar-refractivity contribution in [1.29, 1.82) is 0 Å². The van der Waals surface area contributed by atoms with E-state index in [0.717, 1.165) is 0 Å². The Morgan fingerprint density at radius 2 is 1.78 bits per heavy atom. The van der Waals surface area contributed by atoms with Crippen molar-refractivity contribution in [2.24, 2.45) is 5.73 Å². The summed E-state index contributed by atoms with van der Waals surface area (Å²) in [7, 11) is 0. The Morgan fingerprint density at radius 1 is 1.04 bits per heavy atom. The molecule has 8 heteroatoms. The minimum Gasteiger partial charge on any atom is -0.370 e. The zero-order valence-electron chi connectivity index (χ0n) is 14.2. The predicted octanol–water partition coefficient (Wildman–Crippen LogP) is 3.25. The summed E-state index contributed by atoms with van der Waals surface area (Å²) in [5, 5.41) is 6.04. The van der Waals surface area contributed by atoms with E-state index in [9.17, 15) is 14.4 Å². The van der Waals surface area contributed by atoms with Crippen molar-refractivity contribution in [2.45, 2.75) is 6.42 Å². The molecule has 0 aliphatic carbocycles. The van der Waals surface area contributed by atoms with Gasteiger partial charge in [0.15, 0.2) is 0 Å². The first kappa shape index (κ1) is 20.5. The zero-order valence-corrected chi connectivity index (χ0v) is 15.7. The van der Waals surface area contributed by atoms with Gasteiger partial charge in [-0.1, -0.05) is 41.4 Å². The van der Waals surface area contributed by atoms with Crippen molar-refractivity contribution >= 4 is 52.7 Å². The Kier molecular flexibility index (Phi) is 7.40. The Balaban J connectivity index is 2.04. The van der Waals surface area contributed by atoms with E-state index in [4.69, 9.17) is 28.9 Å². The summed E-state index contributed by atoms with van der Waals surface area (Å²) in [6.45, 7) is 0.119. The molecular weight excluding hydrogens is 389 g/mol. The van der Waals surface area contributed by atoms with Crippen LogP contribution in [0.5, 0.6) is 0 Å². The normalized spacial score (nSPS) is 10.6. The second-order valence-corrected chi connectivity index (χ2v) is 6.33. The molecule has 0 aliphatic heterocycles. The summed E-state index contributed by atoms with van der Waals surface area (Å²) in [6, 6.07) is 11.5. The van der Waals surface area contributed by atoms with Crippen LogP contribution in [-0.4, -0.2) is 24.3 Å². The van der Waals surface area contributed by atoms with Crippen LogP contribution < -0.4 is 16.4 Å². The number of nitrogens with two attached hydrogens (primary N) is 1. The third-order valence-electron chi connectivity index (χ3n) is 3.46. The van der Waals surface area contributed by atoms with Crippen LogP contribution in [0.15, 0.2) is 48.5 Å². The summed E-state index contributed by atoms with van der Waals surface area (Å²) < 4.78 is 0. The Labute approximate surface area is 166 Å². The molecule has 0 aliphatic rings. The molecule has 6 nitrogen and oxygen atoms in total. The number of nitrogens with one attached hydrogen (secondary N) is 2. The highest BCUT2D eigenvalue weighted by Gasteiger charge is 2.12. The van der Waals surface area contributed by atoms with Crippen LogP contribution in [0.25, 0.3) is 6.08 Å². The molecule has 2 rings (SSSR count).